The third-order valence-corrected chi connectivity index (χ3v) is 3.34. The van der Waals surface area contributed by atoms with Crippen molar-refractivity contribution in [2.45, 2.75) is 58.8 Å². The van der Waals surface area contributed by atoms with E-state index in [9.17, 15) is 0 Å². The van der Waals surface area contributed by atoms with Crippen molar-refractivity contribution < 1.29 is 4.74 Å². The minimum absolute atomic E-state index is 0.0889. The summed E-state index contributed by atoms with van der Waals surface area (Å²) in [6.45, 7) is 15.0. The largest absolute Gasteiger partial charge is 0.381 e. The molecular formula is C17H28O. The number of ether oxygens (including phenoxy) is 1. The quantitative estimate of drug-likeness (QED) is 0.687. The zero-order valence-corrected chi connectivity index (χ0v) is 12.8. The summed E-state index contributed by atoms with van der Waals surface area (Å²) >= 11 is 0. The molecular weight excluding hydrogens is 220 g/mol. The van der Waals surface area contributed by atoms with Gasteiger partial charge in [0.05, 0.1) is 6.61 Å². The van der Waals surface area contributed by atoms with Crippen molar-refractivity contribution in [2.75, 3.05) is 13.2 Å². The molecule has 1 heteroatoms. The van der Waals surface area contributed by atoms with E-state index in [1.165, 1.54) is 11.1 Å². The Morgan fingerprint density at radius 1 is 0.889 bits per heavy atom. The summed E-state index contributed by atoms with van der Waals surface area (Å²) in [6.07, 6.45) is 1.08. The number of benzene rings is 1. The summed E-state index contributed by atoms with van der Waals surface area (Å²) < 4.78 is 5.70. The molecule has 0 aliphatic rings. The molecule has 0 amide bonds. The van der Waals surface area contributed by atoms with Gasteiger partial charge in [-0.05, 0) is 23.0 Å². The van der Waals surface area contributed by atoms with Crippen LogP contribution >= 0.6 is 0 Å². The molecule has 1 aromatic carbocycles. The fraction of sp³-hybridized carbons (Fsp3) is 0.647. The van der Waals surface area contributed by atoms with Gasteiger partial charge in [-0.15, -0.1) is 0 Å². The van der Waals surface area contributed by atoms with Crippen molar-refractivity contribution in [1.82, 2.24) is 0 Å². The Labute approximate surface area is 113 Å². The van der Waals surface area contributed by atoms with Crippen LogP contribution in [0.5, 0.6) is 0 Å². The lowest BCUT2D eigenvalue weighted by Gasteiger charge is -2.26. The van der Waals surface area contributed by atoms with E-state index >= 15 is 0 Å². The van der Waals surface area contributed by atoms with Crippen LogP contribution in [-0.2, 0) is 15.6 Å². The van der Waals surface area contributed by atoms with Gasteiger partial charge in [0.15, 0.2) is 0 Å². The van der Waals surface area contributed by atoms with E-state index in [1.807, 2.05) is 0 Å². The average molecular weight is 248 g/mol. The molecule has 1 rings (SSSR count). The first-order valence-electron chi connectivity index (χ1n) is 6.96. The first-order valence-corrected chi connectivity index (χ1v) is 6.96. The highest BCUT2D eigenvalue weighted by Crippen LogP contribution is 2.27. The summed E-state index contributed by atoms with van der Waals surface area (Å²) in [5, 5.41) is 0. The molecule has 0 bridgehead atoms. The zero-order chi connectivity index (χ0) is 13.8. The van der Waals surface area contributed by atoms with E-state index in [-0.39, 0.29) is 10.8 Å². The fourth-order valence-electron chi connectivity index (χ4n) is 1.98. The first kappa shape index (κ1) is 15.2. The Morgan fingerprint density at radius 2 is 1.39 bits per heavy atom. The molecule has 0 saturated carbocycles. The summed E-state index contributed by atoms with van der Waals surface area (Å²) in [6, 6.07) is 8.99. The average Bonchev–Trinajstić information content (AvgIpc) is 2.28. The van der Waals surface area contributed by atoms with Crippen molar-refractivity contribution in [2.24, 2.45) is 0 Å². The maximum Gasteiger partial charge on any atom is 0.0557 e. The second-order valence-electron chi connectivity index (χ2n) is 6.76. The molecule has 0 atom stereocenters. The molecule has 0 unspecified atom stereocenters. The van der Waals surface area contributed by atoms with E-state index in [4.69, 9.17) is 4.74 Å². The Balaban J connectivity index is 2.77. The Kier molecular flexibility index (Phi) is 4.98. The molecule has 0 aliphatic carbocycles. The van der Waals surface area contributed by atoms with Crippen LogP contribution < -0.4 is 0 Å². The lowest BCUT2D eigenvalue weighted by atomic mass is 9.81. The second kappa shape index (κ2) is 5.88. The summed E-state index contributed by atoms with van der Waals surface area (Å²) in [4.78, 5) is 0. The first-order chi connectivity index (χ1) is 8.27. The maximum atomic E-state index is 5.70. The molecule has 1 nitrogen and oxygen atoms in total. The van der Waals surface area contributed by atoms with Gasteiger partial charge in [-0.25, -0.2) is 0 Å². The third kappa shape index (κ3) is 4.13. The lowest BCUT2D eigenvalue weighted by Crippen LogP contribution is -2.25. The number of rotatable bonds is 5. The van der Waals surface area contributed by atoms with Crippen molar-refractivity contribution >= 4 is 0 Å². The highest BCUT2D eigenvalue weighted by molar-refractivity contribution is 5.31. The molecule has 1 aromatic rings. The van der Waals surface area contributed by atoms with Crippen molar-refractivity contribution in [3.8, 4) is 0 Å². The van der Waals surface area contributed by atoms with E-state index in [2.05, 4.69) is 65.8 Å². The predicted octanol–water partition coefficient (Wildman–Crippen LogP) is 4.69. The van der Waals surface area contributed by atoms with Gasteiger partial charge in [0, 0.05) is 12.0 Å². The molecule has 0 fully saturated rings. The molecule has 0 heterocycles. The Hall–Kier alpha value is -0.820. The van der Waals surface area contributed by atoms with Crippen LogP contribution in [0.2, 0.25) is 0 Å². The molecule has 102 valence electrons. The van der Waals surface area contributed by atoms with Crippen molar-refractivity contribution in [3.05, 3.63) is 35.4 Å². The van der Waals surface area contributed by atoms with E-state index in [0.717, 1.165) is 19.6 Å². The van der Waals surface area contributed by atoms with Crippen LogP contribution in [0.4, 0.5) is 0 Å². The van der Waals surface area contributed by atoms with Gasteiger partial charge < -0.3 is 4.74 Å². The van der Waals surface area contributed by atoms with Crippen LogP contribution in [0.1, 0.15) is 59.1 Å². The van der Waals surface area contributed by atoms with Crippen LogP contribution in [-0.4, -0.2) is 13.2 Å². The van der Waals surface area contributed by atoms with Gasteiger partial charge in [-0.2, -0.15) is 0 Å². The van der Waals surface area contributed by atoms with Crippen LogP contribution in [0, 0.1) is 0 Å². The maximum absolute atomic E-state index is 5.70. The van der Waals surface area contributed by atoms with E-state index in [0.29, 0.717) is 0 Å². The molecule has 0 saturated heterocycles. The topological polar surface area (TPSA) is 9.23 Å². The van der Waals surface area contributed by atoms with E-state index in [1.54, 1.807) is 0 Å². The second-order valence-corrected chi connectivity index (χ2v) is 6.76. The SMILES string of the molecule is CCCOCC(C)(C)c1ccc(C(C)(C)C)cc1. The Morgan fingerprint density at radius 3 is 1.83 bits per heavy atom. The van der Waals surface area contributed by atoms with Gasteiger partial charge in [0.25, 0.3) is 0 Å². The fourth-order valence-corrected chi connectivity index (χ4v) is 1.98. The minimum atomic E-state index is 0.0889. The highest BCUT2D eigenvalue weighted by Gasteiger charge is 2.21. The molecule has 0 aromatic heterocycles. The highest BCUT2D eigenvalue weighted by atomic mass is 16.5. The molecule has 0 aliphatic heterocycles. The number of hydrogen-bond acceptors (Lipinski definition) is 1. The van der Waals surface area contributed by atoms with E-state index < -0.39 is 0 Å². The van der Waals surface area contributed by atoms with Gasteiger partial charge in [0.2, 0.25) is 0 Å². The molecule has 0 N–H and O–H groups in total. The Bertz CT molecular complexity index is 354. The number of hydrogen-bond donors (Lipinski definition) is 0. The van der Waals surface area contributed by atoms with Gasteiger partial charge in [0.1, 0.15) is 0 Å². The summed E-state index contributed by atoms with van der Waals surface area (Å²) in [7, 11) is 0. The smallest absolute Gasteiger partial charge is 0.0557 e. The molecule has 0 spiro atoms. The van der Waals surface area contributed by atoms with Gasteiger partial charge in [-0.3, -0.25) is 0 Å². The summed E-state index contributed by atoms with van der Waals surface area (Å²) in [5.41, 5.74) is 3.05. The predicted molar refractivity (Wildman–Crippen MR) is 79.3 cm³/mol. The third-order valence-electron chi connectivity index (χ3n) is 3.34. The lowest BCUT2D eigenvalue weighted by molar-refractivity contribution is 0.0952. The van der Waals surface area contributed by atoms with Gasteiger partial charge in [-0.1, -0.05) is 65.8 Å². The molecule has 0 radical (unpaired) electrons. The normalized spacial score (nSPS) is 12.8. The van der Waals surface area contributed by atoms with Crippen molar-refractivity contribution in [1.29, 1.82) is 0 Å². The molecule has 18 heavy (non-hydrogen) atoms. The van der Waals surface area contributed by atoms with Crippen LogP contribution in [0.3, 0.4) is 0 Å². The standard InChI is InChI=1S/C17H28O/c1-7-12-18-13-17(5,6)15-10-8-14(9-11-15)16(2,3)4/h8-11H,7,12-13H2,1-6H3. The van der Waals surface area contributed by atoms with Crippen LogP contribution in [0.15, 0.2) is 24.3 Å². The zero-order valence-electron chi connectivity index (χ0n) is 12.8. The summed E-state index contributed by atoms with van der Waals surface area (Å²) in [5.74, 6) is 0. The minimum Gasteiger partial charge on any atom is -0.381 e. The monoisotopic (exact) mass is 248 g/mol. The van der Waals surface area contributed by atoms with Crippen LogP contribution in [0.25, 0.3) is 0 Å². The van der Waals surface area contributed by atoms with Crippen molar-refractivity contribution in [3.63, 3.8) is 0 Å². The van der Waals surface area contributed by atoms with Gasteiger partial charge >= 0.3 is 0 Å².